The van der Waals surface area contributed by atoms with Crippen LogP contribution in [0, 0.1) is 0 Å². The Morgan fingerprint density at radius 3 is 2.71 bits per heavy atom. The number of hydrogen-bond donors (Lipinski definition) is 2. The molecule has 7 heteroatoms. The molecule has 2 aromatic carbocycles. The van der Waals surface area contributed by atoms with Gasteiger partial charge >= 0.3 is 0 Å². The average Bonchev–Trinajstić information content (AvgIpc) is 3.21. The van der Waals surface area contributed by atoms with Crippen molar-refractivity contribution in [2.45, 2.75) is 26.1 Å². The molecular weight excluding hydrogens is 356 g/mol. The van der Waals surface area contributed by atoms with Crippen molar-refractivity contribution in [3.05, 3.63) is 71.8 Å². The zero-order valence-corrected chi connectivity index (χ0v) is 16.0. The SMILES string of the molecule is COCCn1cnnc1[C@H](C)NC(=O)c1ccc(-c2cccc(CO)c2)cc1. The van der Waals surface area contributed by atoms with E-state index in [1.165, 1.54) is 0 Å². The minimum absolute atomic E-state index is 0.00121. The lowest BCUT2D eigenvalue weighted by Crippen LogP contribution is -2.29. The van der Waals surface area contributed by atoms with Crippen LogP contribution in [0.25, 0.3) is 11.1 Å². The number of aromatic nitrogens is 3. The van der Waals surface area contributed by atoms with Gasteiger partial charge in [0.05, 0.1) is 19.3 Å². The zero-order chi connectivity index (χ0) is 19.9. The summed E-state index contributed by atoms with van der Waals surface area (Å²) in [5.74, 6) is 0.507. The number of amides is 1. The maximum Gasteiger partial charge on any atom is 0.251 e. The van der Waals surface area contributed by atoms with Crippen LogP contribution in [-0.4, -0.2) is 39.5 Å². The molecule has 2 N–H and O–H groups in total. The van der Waals surface area contributed by atoms with E-state index in [-0.39, 0.29) is 18.6 Å². The van der Waals surface area contributed by atoms with Crippen molar-refractivity contribution in [3.63, 3.8) is 0 Å². The van der Waals surface area contributed by atoms with Crippen LogP contribution in [0.4, 0.5) is 0 Å². The minimum atomic E-state index is -0.284. The molecule has 0 bridgehead atoms. The Balaban J connectivity index is 1.68. The van der Waals surface area contributed by atoms with Crippen LogP contribution in [-0.2, 0) is 17.9 Å². The maximum atomic E-state index is 12.6. The van der Waals surface area contributed by atoms with Crippen molar-refractivity contribution >= 4 is 5.91 Å². The average molecular weight is 380 g/mol. The number of rotatable bonds is 8. The number of ether oxygens (including phenoxy) is 1. The summed E-state index contributed by atoms with van der Waals surface area (Å²) in [4.78, 5) is 12.6. The highest BCUT2D eigenvalue weighted by Gasteiger charge is 2.16. The van der Waals surface area contributed by atoms with Gasteiger partial charge in [-0.25, -0.2) is 0 Å². The molecule has 146 valence electrons. The van der Waals surface area contributed by atoms with Gasteiger partial charge in [0.1, 0.15) is 6.33 Å². The quantitative estimate of drug-likeness (QED) is 0.627. The fourth-order valence-electron chi connectivity index (χ4n) is 2.97. The van der Waals surface area contributed by atoms with Gasteiger partial charge in [-0.15, -0.1) is 10.2 Å². The third kappa shape index (κ3) is 4.62. The fraction of sp³-hybridized carbons (Fsp3) is 0.286. The standard InChI is InChI=1S/C21H24N4O3/c1-15(20-24-22-14-25(20)10-11-28-2)23-21(27)18-8-6-17(7-9-18)19-5-3-4-16(12-19)13-26/h3-9,12,14-15,26H,10-11,13H2,1-2H3,(H,23,27)/t15-/m0/s1. The second-order valence-electron chi connectivity index (χ2n) is 6.51. The highest BCUT2D eigenvalue weighted by atomic mass is 16.5. The van der Waals surface area contributed by atoms with E-state index in [1.807, 2.05) is 47.9 Å². The number of hydrogen-bond acceptors (Lipinski definition) is 5. The third-order valence-electron chi connectivity index (χ3n) is 4.51. The van der Waals surface area contributed by atoms with E-state index < -0.39 is 0 Å². The topological polar surface area (TPSA) is 89.3 Å². The first kappa shape index (κ1) is 19.7. The van der Waals surface area contributed by atoms with Crippen molar-refractivity contribution in [3.8, 4) is 11.1 Å². The van der Waals surface area contributed by atoms with Gasteiger partial charge in [-0.2, -0.15) is 0 Å². The molecule has 3 aromatic rings. The molecule has 3 rings (SSSR count). The van der Waals surface area contributed by atoms with E-state index in [1.54, 1.807) is 25.6 Å². The van der Waals surface area contributed by atoms with Gasteiger partial charge in [-0.1, -0.05) is 30.3 Å². The van der Waals surface area contributed by atoms with Gasteiger partial charge in [0.15, 0.2) is 5.82 Å². The Kier molecular flexibility index (Phi) is 6.52. The number of aliphatic hydroxyl groups excluding tert-OH is 1. The molecule has 0 saturated heterocycles. The minimum Gasteiger partial charge on any atom is -0.392 e. The summed E-state index contributed by atoms with van der Waals surface area (Å²) in [6.07, 6.45) is 1.63. The molecule has 0 aliphatic heterocycles. The number of carbonyl (C=O) groups excluding carboxylic acids is 1. The van der Waals surface area contributed by atoms with E-state index in [4.69, 9.17) is 4.74 Å². The second kappa shape index (κ2) is 9.25. The van der Waals surface area contributed by atoms with E-state index >= 15 is 0 Å². The summed E-state index contributed by atoms with van der Waals surface area (Å²) < 4.78 is 6.95. The molecule has 0 unspecified atom stereocenters. The van der Waals surface area contributed by atoms with Crippen LogP contribution < -0.4 is 5.32 Å². The number of benzene rings is 2. The summed E-state index contributed by atoms with van der Waals surface area (Å²) in [5, 5.41) is 20.3. The van der Waals surface area contributed by atoms with Crippen LogP contribution in [0.5, 0.6) is 0 Å². The first-order valence-corrected chi connectivity index (χ1v) is 9.10. The molecule has 0 radical (unpaired) electrons. The monoisotopic (exact) mass is 380 g/mol. The predicted octanol–water partition coefficient (Wildman–Crippen LogP) is 2.57. The highest BCUT2D eigenvalue weighted by Crippen LogP contribution is 2.21. The lowest BCUT2D eigenvalue weighted by atomic mass is 10.0. The smallest absolute Gasteiger partial charge is 0.251 e. The molecule has 0 saturated carbocycles. The highest BCUT2D eigenvalue weighted by molar-refractivity contribution is 5.94. The largest absolute Gasteiger partial charge is 0.392 e. The Bertz CT molecular complexity index is 921. The molecule has 7 nitrogen and oxygen atoms in total. The molecule has 1 heterocycles. The van der Waals surface area contributed by atoms with Crippen LogP contribution in [0.2, 0.25) is 0 Å². The third-order valence-corrected chi connectivity index (χ3v) is 4.51. The zero-order valence-electron chi connectivity index (χ0n) is 16.0. The summed E-state index contributed by atoms with van der Waals surface area (Å²) in [6, 6.07) is 14.8. The van der Waals surface area contributed by atoms with E-state index in [0.29, 0.717) is 24.5 Å². The van der Waals surface area contributed by atoms with Crippen LogP contribution in [0.15, 0.2) is 54.9 Å². The molecular formula is C21H24N4O3. The molecule has 1 aromatic heterocycles. The Morgan fingerprint density at radius 1 is 1.21 bits per heavy atom. The lowest BCUT2D eigenvalue weighted by molar-refractivity contribution is 0.0937. The van der Waals surface area contributed by atoms with Crippen LogP contribution >= 0.6 is 0 Å². The number of methoxy groups -OCH3 is 1. The number of nitrogens with zero attached hydrogens (tertiary/aromatic N) is 3. The van der Waals surface area contributed by atoms with E-state index in [0.717, 1.165) is 16.7 Å². The number of carbonyl (C=O) groups is 1. The summed E-state index contributed by atoms with van der Waals surface area (Å²) in [6.45, 7) is 3.05. The van der Waals surface area contributed by atoms with Gasteiger partial charge in [-0.3, -0.25) is 4.79 Å². The van der Waals surface area contributed by atoms with Crippen molar-refractivity contribution in [2.75, 3.05) is 13.7 Å². The first-order valence-electron chi connectivity index (χ1n) is 9.10. The second-order valence-corrected chi connectivity index (χ2v) is 6.51. The first-order chi connectivity index (χ1) is 13.6. The molecule has 0 spiro atoms. The molecule has 0 aliphatic carbocycles. The van der Waals surface area contributed by atoms with Gasteiger partial charge in [-0.05, 0) is 41.8 Å². The van der Waals surface area contributed by atoms with Crippen molar-refractivity contribution in [1.29, 1.82) is 0 Å². The molecule has 1 atom stereocenters. The molecule has 28 heavy (non-hydrogen) atoms. The Hall–Kier alpha value is -3.03. The van der Waals surface area contributed by atoms with Gasteiger partial charge < -0.3 is 19.7 Å². The van der Waals surface area contributed by atoms with Gasteiger partial charge in [0.2, 0.25) is 0 Å². The normalized spacial score (nSPS) is 12.0. The van der Waals surface area contributed by atoms with Crippen LogP contribution in [0.1, 0.15) is 34.7 Å². The number of nitrogens with one attached hydrogen (secondary N) is 1. The summed E-state index contributed by atoms with van der Waals surface area (Å²) in [7, 11) is 1.64. The molecule has 0 fully saturated rings. The maximum absolute atomic E-state index is 12.6. The van der Waals surface area contributed by atoms with Crippen molar-refractivity contribution < 1.29 is 14.6 Å². The van der Waals surface area contributed by atoms with E-state index in [9.17, 15) is 9.90 Å². The Morgan fingerprint density at radius 2 is 2.00 bits per heavy atom. The number of aliphatic hydroxyl groups is 1. The molecule has 1 amide bonds. The Labute approximate surface area is 164 Å². The van der Waals surface area contributed by atoms with Crippen molar-refractivity contribution in [2.24, 2.45) is 0 Å². The predicted molar refractivity (Wildman–Crippen MR) is 106 cm³/mol. The molecule has 0 aliphatic rings. The van der Waals surface area contributed by atoms with Gasteiger partial charge in [0, 0.05) is 19.2 Å². The summed E-state index contributed by atoms with van der Waals surface area (Å²) >= 11 is 0. The summed E-state index contributed by atoms with van der Waals surface area (Å²) in [5.41, 5.74) is 3.40. The lowest BCUT2D eigenvalue weighted by Gasteiger charge is -2.15. The van der Waals surface area contributed by atoms with Crippen molar-refractivity contribution in [1.82, 2.24) is 20.1 Å². The van der Waals surface area contributed by atoms with Gasteiger partial charge in [0.25, 0.3) is 5.91 Å². The van der Waals surface area contributed by atoms with Crippen LogP contribution in [0.3, 0.4) is 0 Å². The fourth-order valence-corrected chi connectivity index (χ4v) is 2.97. The van der Waals surface area contributed by atoms with E-state index in [2.05, 4.69) is 15.5 Å².